The van der Waals surface area contributed by atoms with E-state index in [4.69, 9.17) is 4.74 Å². The van der Waals surface area contributed by atoms with E-state index in [2.05, 4.69) is 36.7 Å². The first-order valence-corrected chi connectivity index (χ1v) is 9.31. The summed E-state index contributed by atoms with van der Waals surface area (Å²) in [6, 6.07) is 4.80. The summed E-state index contributed by atoms with van der Waals surface area (Å²) < 4.78 is 5.44. The van der Waals surface area contributed by atoms with Crippen LogP contribution in [0.1, 0.15) is 52.3 Å². The Morgan fingerprint density at radius 3 is 2.48 bits per heavy atom. The molecule has 0 aromatic carbocycles. The summed E-state index contributed by atoms with van der Waals surface area (Å²) in [6.45, 7) is 12.8. The fourth-order valence-electron chi connectivity index (χ4n) is 2.74. The molecule has 0 saturated carbocycles. The van der Waals surface area contributed by atoms with Gasteiger partial charge >= 0.3 is 6.09 Å². The van der Waals surface area contributed by atoms with Gasteiger partial charge in [-0.3, -0.25) is 0 Å². The van der Waals surface area contributed by atoms with Gasteiger partial charge in [0.15, 0.2) is 0 Å². The molecule has 4 nitrogen and oxygen atoms in total. The molecule has 1 aromatic heterocycles. The molecule has 5 heteroatoms. The molecule has 130 valence electrons. The summed E-state index contributed by atoms with van der Waals surface area (Å²) in [5.74, 6) is 0. The number of ether oxygens (including phenoxy) is 1. The lowest BCUT2D eigenvalue weighted by Crippen LogP contribution is -2.48. The van der Waals surface area contributed by atoms with Crippen LogP contribution in [0.3, 0.4) is 0 Å². The van der Waals surface area contributed by atoms with Crippen LogP contribution in [0, 0.1) is 0 Å². The molecular weight excluding hydrogens is 308 g/mol. The Morgan fingerprint density at radius 1 is 1.30 bits per heavy atom. The van der Waals surface area contributed by atoms with Crippen molar-refractivity contribution in [1.29, 1.82) is 0 Å². The standard InChI is InChI=1S/C18H30N2O2S/c1-17(2,3)22-16(21)20-10-8-14(9-11-20)19-13-18(4,5)15-7-6-12-23-15/h6-7,12,14,19H,8-11,13H2,1-5H3. The number of rotatable bonds is 4. The highest BCUT2D eigenvalue weighted by molar-refractivity contribution is 7.10. The van der Waals surface area contributed by atoms with Crippen LogP contribution >= 0.6 is 11.3 Å². The van der Waals surface area contributed by atoms with Crippen molar-refractivity contribution in [2.75, 3.05) is 19.6 Å². The Bertz CT molecular complexity index is 498. The van der Waals surface area contributed by atoms with Crippen molar-refractivity contribution in [3.05, 3.63) is 22.4 Å². The highest BCUT2D eigenvalue weighted by Gasteiger charge is 2.28. The van der Waals surface area contributed by atoms with Crippen molar-refractivity contribution >= 4 is 17.4 Å². The SMILES string of the molecule is CC(C)(C)OC(=O)N1CCC(NCC(C)(C)c2cccs2)CC1. The van der Waals surface area contributed by atoms with E-state index >= 15 is 0 Å². The zero-order chi connectivity index (χ0) is 17.1. The van der Waals surface area contributed by atoms with E-state index in [0.29, 0.717) is 6.04 Å². The first kappa shape index (κ1) is 18.3. The predicted octanol–water partition coefficient (Wildman–Crippen LogP) is 4.01. The van der Waals surface area contributed by atoms with Crippen LogP contribution in [0.15, 0.2) is 17.5 Å². The Hall–Kier alpha value is -1.07. The van der Waals surface area contributed by atoms with Gasteiger partial charge in [0.25, 0.3) is 0 Å². The minimum absolute atomic E-state index is 0.149. The Morgan fingerprint density at radius 2 is 1.96 bits per heavy atom. The average Bonchev–Trinajstić information content (AvgIpc) is 2.99. The fourth-order valence-corrected chi connectivity index (χ4v) is 3.60. The molecule has 0 radical (unpaired) electrons. The number of nitrogens with one attached hydrogen (secondary N) is 1. The first-order valence-electron chi connectivity index (χ1n) is 8.43. The number of nitrogens with zero attached hydrogens (tertiary/aromatic N) is 1. The number of hydrogen-bond acceptors (Lipinski definition) is 4. The third kappa shape index (κ3) is 5.50. The van der Waals surface area contributed by atoms with Gasteiger partial charge in [-0.2, -0.15) is 0 Å². The van der Waals surface area contributed by atoms with Crippen LogP contribution in [-0.4, -0.2) is 42.3 Å². The minimum Gasteiger partial charge on any atom is -0.444 e. The van der Waals surface area contributed by atoms with E-state index in [1.165, 1.54) is 4.88 Å². The molecule has 1 aliphatic rings. The largest absolute Gasteiger partial charge is 0.444 e. The third-order valence-electron chi connectivity index (χ3n) is 4.17. The number of hydrogen-bond donors (Lipinski definition) is 1. The molecule has 0 unspecified atom stereocenters. The number of carbonyl (C=O) groups is 1. The van der Waals surface area contributed by atoms with Gasteiger partial charge in [0, 0.05) is 36.0 Å². The maximum Gasteiger partial charge on any atom is 0.410 e. The third-order valence-corrected chi connectivity index (χ3v) is 5.40. The van der Waals surface area contributed by atoms with Crippen LogP contribution in [0.25, 0.3) is 0 Å². The molecule has 2 rings (SSSR count). The highest BCUT2D eigenvalue weighted by atomic mass is 32.1. The Labute approximate surface area is 144 Å². The topological polar surface area (TPSA) is 41.6 Å². The molecule has 1 aromatic rings. The van der Waals surface area contributed by atoms with Gasteiger partial charge in [0.05, 0.1) is 0 Å². The molecule has 1 aliphatic heterocycles. The maximum absolute atomic E-state index is 12.1. The average molecular weight is 339 g/mol. The highest BCUT2D eigenvalue weighted by Crippen LogP contribution is 2.27. The maximum atomic E-state index is 12.1. The van der Waals surface area contributed by atoms with Gasteiger partial charge in [-0.25, -0.2) is 4.79 Å². The number of thiophene rings is 1. The molecular formula is C18H30N2O2S. The van der Waals surface area contributed by atoms with Crippen LogP contribution in [0.2, 0.25) is 0 Å². The second-order valence-corrected chi connectivity index (χ2v) is 8.93. The van der Waals surface area contributed by atoms with Crippen molar-refractivity contribution < 1.29 is 9.53 Å². The number of likely N-dealkylation sites (tertiary alicyclic amines) is 1. The summed E-state index contributed by atoms with van der Waals surface area (Å²) in [7, 11) is 0. The normalized spacial score (nSPS) is 17.3. The lowest BCUT2D eigenvalue weighted by molar-refractivity contribution is 0.0197. The van der Waals surface area contributed by atoms with Crippen LogP contribution < -0.4 is 5.32 Å². The van der Waals surface area contributed by atoms with E-state index in [0.717, 1.165) is 32.5 Å². The second kappa shape index (κ2) is 7.22. The van der Waals surface area contributed by atoms with Gasteiger partial charge in [0.1, 0.15) is 5.60 Å². The van der Waals surface area contributed by atoms with Crippen molar-refractivity contribution in [2.45, 2.75) is 64.5 Å². The van der Waals surface area contributed by atoms with E-state index in [-0.39, 0.29) is 11.5 Å². The predicted molar refractivity (Wildman–Crippen MR) is 96.2 cm³/mol. The van der Waals surface area contributed by atoms with Gasteiger partial charge in [-0.05, 0) is 45.1 Å². The molecule has 1 fully saturated rings. The molecule has 2 heterocycles. The minimum atomic E-state index is -0.420. The molecule has 1 saturated heterocycles. The van der Waals surface area contributed by atoms with E-state index in [1.807, 2.05) is 37.0 Å². The summed E-state index contributed by atoms with van der Waals surface area (Å²) in [5.41, 5.74) is -0.270. The van der Waals surface area contributed by atoms with Crippen LogP contribution in [0.5, 0.6) is 0 Å². The zero-order valence-corrected chi connectivity index (χ0v) is 15.8. The quantitative estimate of drug-likeness (QED) is 0.902. The number of carbonyl (C=O) groups excluding carboxylic acids is 1. The molecule has 23 heavy (non-hydrogen) atoms. The zero-order valence-electron chi connectivity index (χ0n) is 15.0. The lowest BCUT2D eigenvalue weighted by atomic mass is 9.90. The number of piperidine rings is 1. The Balaban J connectivity index is 1.76. The molecule has 0 atom stereocenters. The van der Waals surface area contributed by atoms with Crippen LogP contribution in [0.4, 0.5) is 4.79 Å². The summed E-state index contributed by atoms with van der Waals surface area (Å²) in [4.78, 5) is 15.3. The van der Waals surface area contributed by atoms with Gasteiger partial charge < -0.3 is 15.0 Å². The van der Waals surface area contributed by atoms with Gasteiger partial charge in [-0.15, -0.1) is 11.3 Å². The van der Waals surface area contributed by atoms with E-state index < -0.39 is 5.60 Å². The van der Waals surface area contributed by atoms with Crippen molar-refractivity contribution in [3.8, 4) is 0 Å². The van der Waals surface area contributed by atoms with E-state index in [1.54, 1.807) is 0 Å². The number of amides is 1. The first-order chi connectivity index (χ1) is 10.7. The smallest absolute Gasteiger partial charge is 0.410 e. The van der Waals surface area contributed by atoms with Crippen molar-refractivity contribution in [1.82, 2.24) is 10.2 Å². The fraction of sp³-hybridized carbons (Fsp3) is 0.722. The molecule has 1 N–H and O–H groups in total. The molecule has 0 aliphatic carbocycles. The lowest BCUT2D eigenvalue weighted by Gasteiger charge is -2.35. The van der Waals surface area contributed by atoms with E-state index in [9.17, 15) is 4.79 Å². The second-order valence-electron chi connectivity index (χ2n) is 7.98. The molecule has 1 amide bonds. The summed E-state index contributed by atoms with van der Waals surface area (Å²) in [6.07, 6.45) is 1.79. The summed E-state index contributed by atoms with van der Waals surface area (Å²) >= 11 is 1.82. The van der Waals surface area contributed by atoms with Crippen molar-refractivity contribution in [3.63, 3.8) is 0 Å². The molecule has 0 bridgehead atoms. The van der Waals surface area contributed by atoms with Crippen LogP contribution in [-0.2, 0) is 10.2 Å². The Kier molecular flexibility index (Phi) is 5.74. The van der Waals surface area contributed by atoms with Gasteiger partial charge in [-0.1, -0.05) is 19.9 Å². The van der Waals surface area contributed by atoms with Gasteiger partial charge in [0.2, 0.25) is 0 Å². The molecule has 0 spiro atoms. The van der Waals surface area contributed by atoms with Crippen molar-refractivity contribution in [2.24, 2.45) is 0 Å². The monoisotopic (exact) mass is 338 g/mol. The summed E-state index contributed by atoms with van der Waals surface area (Å²) in [5, 5.41) is 5.82.